The Morgan fingerprint density at radius 1 is 1.30 bits per heavy atom. The molecule has 0 atom stereocenters. The van der Waals surface area contributed by atoms with Gasteiger partial charge in [0.05, 0.1) is 16.6 Å². The minimum Gasteiger partial charge on any atom is -0.434 e. The molecule has 2 heterocycles. The molecule has 0 aliphatic rings. The van der Waals surface area contributed by atoms with Crippen molar-refractivity contribution in [1.82, 2.24) is 15.2 Å². The van der Waals surface area contributed by atoms with Crippen LogP contribution in [0.2, 0.25) is 0 Å². The second-order valence-corrected chi connectivity index (χ2v) is 4.87. The summed E-state index contributed by atoms with van der Waals surface area (Å²) in [5, 5.41) is 18.6. The lowest BCUT2D eigenvalue weighted by atomic mass is 10.2. The Morgan fingerprint density at radius 2 is 2.15 bits per heavy atom. The van der Waals surface area contributed by atoms with Crippen LogP contribution in [0.1, 0.15) is 0 Å². The number of H-pyrrole nitrogens is 1. The third-order valence-corrected chi connectivity index (χ3v) is 3.06. The van der Waals surface area contributed by atoms with E-state index in [0.717, 1.165) is 10.9 Å². The second-order valence-electron chi connectivity index (χ2n) is 3.96. The van der Waals surface area contributed by atoms with Crippen LogP contribution in [0.5, 0.6) is 11.6 Å². The molecule has 2 aromatic heterocycles. The lowest BCUT2D eigenvalue weighted by Gasteiger charge is -2.05. The van der Waals surface area contributed by atoms with Crippen molar-refractivity contribution in [2.75, 3.05) is 0 Å². The minimum absolute atomic E-state index is 0.0583. The Morgan fingerprint density at radius 3 is 2.95 bits per heavy atom. The third-order valence-electron chi connectivity index (χ3n) is 2.62. The summed E-state index contributed by atoms with van der Waals surface area (Å²) in [5.74, 6) is 0.386. The van der Waals surface area contributed by atoms with Gasteiger partial charge < -0.3 is 4.74 Å². The van der Waals surface area contributed by atoms with E-state index < -0.39 is 4.92 Å². The number of nitro groups is 1. The second kappa shape index (κ2) is 4.89. The van der Waals surface area contributed by atoms with Crippen LogP contribution in [0.25, 0.3) is 10.9 Å². The molecular formula is C12H7BrN4O3. The Labute approximate surface area is 120 Å². The normalized spacial score (nSPS) is 10.7. The number of hydrogen-bond donors (Lipinski definition) is 1. The summed E-state index contributed by atoms with van der Waals surface area (Å²) in [6.45, 7) is 0. The molecule has 0 spiro atoms. The first-order valence-electron chi connectivity index (χ1n) is 5.54. The number of aromatic amines is 1. The van der Waals surface area contributed by atoms with Crippen molar-refractivity contribution < 1.29 is 9.66 Å². The zero-order chi connectivity index (χ0) is 14.1. The van der Waals surface area contributed by atoms with Gasteiger partial charge in [0.15, 0.2) is 0 Å². The lowest BCUT2D eigenvalue weighted by molar-refractivity contribution is -0.386. The van der Waals surface area contributed by atoms with Crippen LogP contribution in [0.3, 0.4) is 0 Å². The molecule has 20 heavy (non-hydrogen) atoms. The van der Waals surface area contributed by atoms with Crippen molar-refractivity contribution in [1.29, 1.82) is 0 Å². The van der Waals surface area contributed by atoms with Crippen molar-refractivity contribution >= 4 is 32.5 Å². The summed E-state index contributed by atoms with van der Waals surface area (Å²) in [4.78, 5) is 14.4. The standard InChI is InChI=1S/C12H7BrN4O3/c13-8-3-11(17(18)19)12(14-6-8)20-9-2-1-7-5-15-16-10(7)4-9/h1-6H,(H,15,16). The fourth-order valence-electron chi connectivity index (χ4n) is 1.72. The van der Waals surface area contributed by atoms with Crippen molar-refractivity contribution in [2.24, 2.45) is 0 Å². The Balaban J connectivity index is 1.99. The maximum Gasteiger partial charge on any atom is 0.332 e. The lowest BCUT2D eigenvalue weighted by Crippen LogP contribution is -1.96. The quantitative estimate of drug-likeness (QED) is 0.585. The van der Waals surface area contributed by atoms with Crippen molar-refractivity contribution in [3.05, 3.63) is 51.2 Å². The van der Waals surface area contributed by atoms with Gasteiger partial charge in [0, 0.05) is 28.2 Å². The van der Waals surface area contributed by atoms with Crippen LogP contribution >= 0.6 is 15.9 Å². The average molecular weight is 335 g/mol. The van der Waals surface area contributed by atoms with Crippen LogP contribution in [0.4, 0.5) is 5.69 Å². The minimum atomic E-state index is -0.540. The molecule has 0 amide bonds. The van der Waals surface area contributed by atoms with E-state index in [1.54, 1.807) is 24.4 Å². The van der Waals surface area contributed by atoms with E-state index in [1.165, 1.54) is 12.3 Å². The van der Waals surface area contributed by atoms with Crippen LogP contribution in [0.15, 0.2) is 41.1 Å². The van der Waals surface area contributed by atoms with Crippen LogP contribution < -0.4 is 4.74 Å². The Kier molecular flexibility index (Phi) is 3.07. The molecule has 100 valence electrons. The highest BCUT2D eigenvalue weighted by molar-refractivity contribution is 9.10. The van der Waals surface area contributed by atoms with Crippen LogP contribution in [-0.2, 0) is 0 Å². The maximum atomic E-state index is 11.0. The number of aromatic nitrogens is 3. The van der Waals surface area contributed by atoms with E-state index in [-0.39, 0.29) is 11.6 Å². The van der Waals surface area contributed by atoms with Gasteiger partial charge in [0.2, 0.25) is 0 Å². The fraction of sp³-hybridized carbons (Fsp3) is 0. The van der Waals surface area contributed by atoms with Gasteiger partial charge in [-0.3, -0.25) is 15.2 Å². The first-order chi connectivity index (χ1) is 9.63. The zero-order valence-corrected chi connectivity index (χ0v) is 11.5. The number of nitrogens with zero attached hydrogens (tertiary/aromatic N) is 3. The van der Waals surface area contributed by atoms with Crippen LogP contribution in [0, 0.1) is 10.1 Å². The van der Waals surface area contributed by atoms with E-state index in [9.17, 15) is 10.1 Å². The highest BCUT2D eigenvalue weighted by Crippen LogP contribution is 2.32. The number of nitrogens with one attached hydrogen (secondary N) is 1. The number of pyridine rings is 1. The topological polar surface area (TPSA) is 93.9 Å². The number of benzene rings is 1. The predicted molar refractivity (Wildman–Crippen MR) is 74.8 cm³/mol. The molecule has 0 bridgehead atoms. The number of hydrogen-bond acceptors (Lipinski definition) is 5. The highest BCUT2D eigenvalue weighted by Gasteiger charge is 2.18. The summed E-state index contributed by atoms with van der Waals surface area (Å²) in [6.07, 6.45) is 3.12. The molecule has 8 heteroatoms. The summed E-state index contributed by atoms with van der Waals surface area (Å²) >= 11 is 3.14. The van der Waals surface area contributed by atoms with E-state index in [2.05, 4.69) is 31.1 Å². The molecule has 1 N–H and O–H groups in total. The fourth-order valence-corrected chi connectivity index (χ4v) is 2.04. The van der Waals surface area contributed by atoms with Gasteiger partial charge in [0.1, 0.15) is 5.75 Å². The summed E-state index contributed by atoms with van der Waals surface area (Å²) in [5.41, 5.74) is 0.575. The molecule has 0 saturated heterocycles. The molecule has 1 aromatic carbocycles. The molecule has 0 aliphatic carbocycles. The van der Waals surface area contributed by atoms with Crippen molar-refractivity contribution in [3.8, 4) is 11.6 Å². The molecule has 3 aromatic rings. The van der Waals surface area contributed by atoms with Gasteiger partial charge in [-0.2, -0.15) is 5.10 Å². The monoisotopic (exact) mass is 334 g/mol. The van der Waals surface area contributed by atoms with Gasteiger partial charge >= 0.3 is 5.69 Å². The average Bonchev–Trinajstić information content (AvgIpc) is 2.88. The van der Waals surface area contributed by atoms with E-state index in [1.807, 2.05) is 0 Å². The number of halogens is 1. The maximum absolute atomic E-state index is 11.0. The molecule has 7 nitrogen and oxygen atoms in total. The molecular weight excluding hydrogens is 328 g/mol. The van der Waals surface area contributed by atoms with Gasteiger partial charge in [-0.15, -0.1) is 0 Å². The van der Waals surface area contributed by atoms with E-state index in [0.29, 0.717) is 10.2 Å². The summed E-state index contributed by atoms with van der Waals surface area (Å²) in [6, 6.07) is 6.55. The summed E-state index contributed by atoms with van der Waals surface area (Å²) in [7, 11) is 0. The smallest absolute Gasteiger partial charge is 0.332 e. The Bertz CT molecular complexity index is 802. The Hall–Kier alpha value is -2.48. The van der Waals surface area contributed by atoms with Gasteiger partial charge in [-0.05, 0) is 28.1 Å². The number of rotatable bonds is 3. The van der Waals surface area contributed by atoms with Crippen LogP contribution in [-0.4, -0.2) is 20.1 Å². The zero-order valence-electron chi connectivity index (χ0n) is 9.91. The van der Waals surface area contributed by atoms with Gasteiger partial charge in [0.25, 0.3) is 5.88 Å². The molecule has 0 unspecified atom stereocenters. The predicted octanol–water partition coefficient (Wildman–Crippen LogP) is 3.42. The third kappa shape index (κ3) is 2.32. The first-order valence-corrected chi connectivity index (χ1v) is 6.34. The number of fused-ring (bicyclic) bond motifs is 1. The van der Waals surface area contributed by atoms with Gasteiger partial charge in [-0.1, -0.05) is 0 Å². The van der Waals surface area contributed by atoms with Crippen molar-refractivity contribution in [2.45, 2.75) is 0 Å². The molecule has 0 fully saturated rings. The largest absolute Gasteiger partial charge is 0.434 e. The highest BCUT2D eigenvalue weighted by atomic mass is 79.9. The number of ether oxygens (including phenoxy) is 1. The first kappa shape index (κ1) is 12.5. The van der Waals surface area contributed by atoms with Gasteiger partial charge in [-0.25, -0.2) is 4.98 Å². The van der Waals surface area contributed by atoms with E-state index >= 15 is 0 Å². The molecule has 0 saturated carbocycles. The molecule has 0 radical (unpaired) electrons. The van der Waals surface area contributed by atoms with Crippen molar-refractivity contribution in [3.63, 3.8) is 0 Å². The SMILES string of the molecule is O=[N+]([O-])c1cc(Br)cnc1Oc1ccc2cn[nH]c2c1. The summed E-state index contributed by atoms with van der Waals surface area (Å²) < 4.78 is 6.00. The molecule has 0 aliphatic heterocycles. The molecule has 3 rings (SSSR count). The van der Waals surface area contributed by atoms with E-state index in [4.69, 9.17) is 4.74 Å².